The van der Waals surface area contributed by atoms with Gasteiger partial charge >= 0.3 is 0 Å². The van der Waals surface area contributed by atoms with Gasteiger partial charge in [0.05, 0.1) is 17.4 Å². The van der Waals surface area contributed by atoms with Crippen LogP contribution in [0.15, 0.2) is 36.7 Å². The molecule has 21 heavy (non-hydrogen) atoms. The van der Waals surface area contributed by atoms with Crippen LogP contribution in [0, 0.1) is 5.82 Å². The van der Waals surface area contributed by atoms with Gasteiger partial charge in [0, 0.05) is 31.4 Å². The fraction of sp³-hybridized carbons (Fsp3) is 0.312. The van der Waals surface area contributed by atoms with Gasteiger partial charge in [-0.15, -0.1) is 0 Å². The molecule has 0 saturated carbocycles. The van der Waals surface area contributed by atoms with Crippen molar-refractivity contribution in [2.45, 2.75) is 25.8 Å². The molecule has 1 saturated heterocycles. The number of carbonyl (C=O) groups excluding carboxylic acids is 1. The molecule has 0 N–H and O–H groups in total. The second-order valence-electron chi connectivity index (χ2n) is 5.14. The third kappa shape index (κ3) is 2.51. The summed E-state index contributed by atoms with van der Waals surface area (Å²) >= 11 is 0. The zero-order chi connectivity index (χ0) is 14.8. The normalized spacial score (nSPS) is 18.0. The van der Waals surface area contributed by atoms with Crippen molar-refractivity contribution < 1.29 is 9.18 Å². The molecule has 3 rings (SSSR count). The summed E-state index contributed by atoms with van der Waals surface area (Å²) in [5, 5.41) is 0. The molecule has 108 valence electrons. The maximum absolute atomic E-state index is 14.0. The SMILES string of the molecule is CC(=O)N1CCCC1c1nccnc1-c1ccccc1F. The number of aromatic nitrogens is 2. The van der Waals surface area contributed by atoms with E-state index >= 15 is 0 Å². The molecule has 4 nitrogen and oxygen atoms in total. The zero-order valence-corrected chi connectivity index (χ0v) is 11.8. The predicted molar refractivity (Wildman–Crippen MR) is 76.8 cm³/mol. The Balaban J connectivity index is 2.09. The van der Waals surface area contributed by atoms with E-state index in [0.29, 0.717) is 23.5 Å². The van der Waals surface area contributed by atoms with Crippen LogP contribution in [-0.2, 0) is 4.79 Å². The molecular weight excluding hydrogens is 269 g/mol. The minimum Gasteiger partial charge on any atom is -0.334 e. The third-order valence-corrected chi connectivity index (χ3v) is 3.83. The third-order valence-electron chi connectivity index (χ3n) is 3.83. The molecular formula is C16H16FN3O. The Bertz CT molecular complexity index is 674. The molecule has 2 heterocycles. The first-order valence-electron chi connectivity index (χ1n) is 7.01. The summed E-state index contributed by atoms with van der Waals surface area (Å²) in [7, 11) is 0. The van der Waals surface area contributed by atoms with Crippen molar-refractivity contribution in [2.24, 2.45) is 0 Å². The van der Waals surface area contributed by atoms with Gasteiger partial charge in [-0.2, -0.15) is 0 Å². The summed E-state index contributed by atoms with van der Waals surface area (Å²) in [6.07, 6.45) is 4.91. The van der Waals surface area contributed by atoms with Crippen LogP contribution in [-0.4, -0.2) is 27.3 Å². The Labute approximate surface area is 122 Å². The van der Waals surface area contributed by atoms with Crippen molar-refractivity contribution >= 4 is 5.91 Å². The van der Waals surface area contributed by atoms with Crippen LogP contribution in [0.25, 0.3) is 11.3 Å². The standard InChI is InChI=1S/C16H16FN3O/c1-11(21)20-10-4-7-14(20)16-15(18-8-9-19-16)12-5-2-3-6-13(12)17/h2-3,5-6,8-9,14H,4,7,10H2,1H3. The van der Waals surface area contributed by atoms with Crippen molar-refractivity contribution in [2.75, 3.05) is 6.54 Å². The maximum Gasteiger partial charge on any atom is 0.220 e. The van der Waals surface area contributed by atoms with E-state index in [0.717, 1.165) is 12.8 Å². The average molecular weight is 285 g/mol. The largest absolute Gasteiger partial charge is 0.334 e. The van der Waals surface area contributed by atoms with Crippen LogP contribution in [0.1, 0.15) is 31.5 Å². The molecule has 1 aromatic carbocycles. The topological polar surface area (TPSA) is 46.1 Å². The Morgan fingerprint density at radius 1 is 1.29 bits per heavy atom. The van der Waals surface area contributed by atoms with Crippen LogP contribution < -0.4 is 0 Å². The van der Waals surface area contributed by atoms with Crippen LogP contribution in [0.3, 0.4) is 0 Å². The van der Waals surface area contributed by atoms with Gasteiger partial charge in [0.15, 0.2) is 0 Å². The van der Waals surface area contributed by atoms with Crippen molar-refractivity contribution in [3.05, 3.63) is 48.2 Å². The molecule has 1 aliphatic rings. The molecule has 1 aromatic heterocycles. The van der Waals surface area contributed by atoms with E-state index in [9.17, 15) is 9.18 Å². The Morgan fingerprint density at radius 2 is 2.05 bits per heavy atom. The number of hydrogen-bond acceptors (Lipinski definition) is 3. The lowest BCUT2D eigenvalue weighted by atomic mass is 10.0. The smallest absolute Gasteiger partial charge is 0.220 e. The number of benzene rings is 1. The number of carbonyl (C=O) groups is 1. The molecule has 1 aliphatic heterocycles. The minimum atomic E-state index is -0.327. The number of amides is 1. The number of nitrogens with zero attached hydrogens (tertiary/aromatic N) is 3. The van der Waals surface area contributed by atoms with Crippen molar-refractivity contribution in [1.29, 1.82) is 0 Å². The highest BCUT2D eigenvalue weighted by atomic mass is 19.1. The molecule has 0 bridgehead atoms. The summed E-state index contributed by atoms with van der Waals surface area (Å²) in [6.45, 7) is 2.27. The summed E-state index contributed by atoms with van der Waals surface area (Å²) in [5.74, 6) is -0.311. The summed E-state index contributed by atoms with van der Waals surface area (Å²) in [4.78, 5) is 22.2. The summed E-state index contributed by atoms with van der Waals surface area (Å²) in [6, 6.07) is 6.40. The second kappa shape index (κ2) is 5.60. The van der Waals surface area contributed by atoms with E-state index in [2.05, 4.69) is 9.97 Å². The number of hydrogen-bond donors (Lipinski definition) is 0. The zero-order valence-electron chi connectivity index (χ0n) is 11.8. The van der Waals surface area contributed by atoms with Crippen molar-refractivity contribution in [3.63, 3.8) is 0 Å². The molecule has 0 spiro atoms. The van der Waals surface area contributed by atoms with Gasteiger partial charge in [0.25, 0.3) is 0 Å². The molecule has 1 atom stereocenters. The van der Waals surface area contributed by atoms with E-state index in [1.165, 1.54) is 6.07 Å². The first kappa shape index (κ1) is 13.7. The van der Waals surface area contributed by atoms with Crippen molar-refractivity contribution in [3.8, 4) is 11.3 Å². The lowest BCUT2D eigenvalue weighted by molar-refractivity contribution is -0.129. The van der Waals surface area contributed by atoms with Gasteiger partial charge in [-0.25, -0.2) is 4.39 Å². The molecule has 0 radical (unpaired) electrons. The second-order valence-corrected chi connectivity index (χ2v) is 5.14. The van der Waals surface area contributed by atoms with Gasteiger partial charge in [-0.1, -0.05) is 12.1 Å². The highest BCUT2D eigenvalue weighted by Gasteiger charge is 2.31. The molecule has 0 aliphatic carbocycles. The predicted octanol–water partition coefficient (Wildman–Crippen LogP) is 2.97. The summed E-state index contributed by atoms with van der Waals surface area (Å²) < 4.78 is 14.0. The molecule has 1 amide bonds. The van der Waals surface area contributed by atoms with Crippen molar-refractivity contribution in [1.82, 2.24) is 14.9 Å². The molecule has 1 fully saturated rings. The van der Waals surface area contributed by atoms with E-state index < -0.39 is 0 Å². The first-order valence-corrected chi connectivity index (χ1v) is 7.01. The van der Waals surface area contributed by atoms with Gasteiger partial charge in [0.2, 0.25) is 5.91 Å². The highest BCUT2D eigenvalue weighted by molar-refractivity contribution is 5.74. The van der Waals surface area contributed by atoms with Crippen LogP contribution >= 0.6 is 0 Å². The Kier molecular flexibility index (Phi) is 3.64. The van der Waals surface area contributed by atoms with Gasteiger partial charge in [-0.3, -0.25) is 14.8 Å². The van der Waals surface area contributed by atoms with Gasteiger partial charge in [0.1, 0.15) is 5.82 Å². The monoisotopic (exact) mass is 285 g/mol. The van der Waals surface area contributed by atoms with Gasteiger partial charge < -0.3 is 4.90 Å². The minimum absolute atomic E-state index is 0.0163. The lowest BCUT2D eigenvalue weighted by Crippen LogP contribution is -2.29. The molecule has 5 heteroatoms. The van der Waals surface area contributed by atoms with Crippen LogP contribution in [0.5, 0.6) is 0 Å². The lowest BCUT2D eigenvalue weighted by Gasteiger charge is -2.24. The molecule has 2 aromatic rings. The fourth-order valence-electron chi connectivity index (χ4n) is 2.88. The highest BCUT2D eigenvalue weighted by Crippen LogP contribution is 2.35. The van der Waals surface area contributed by atoms with Gasteiger partial charge in [-0.05, 0) is 25.0 Å². The molecule has 1 unspecified atom stereocenters. The number of rotatable bonds is 2. The Hall–Kier alpha value is -2.30. The average Bonchev–Trinajstić information content (AvgIpc) is 2.97. The van der Waals surface area contributed by atoms with E-state index in [4.69, 9.17) is 0 Å². The van der Waals surface area contributed by atoms with Crippen LogP contribution in [0.2, 0.25) is 0 Å². The van der Waals surface area contributed by atoms with E-state index in [-0.39, 0.29) is 17.8 Å². The quantitative estimate of drug-likeness (QED) is 0.852. The maximum atomic E-state index is 14.0. The number of likely N-dealkylation sites (tertiary alicyclic amines) is 1. The van der Waals surface area contributed by atoms with Crippen LogP contribution in [0.4, 0.5) is 4.39 Å². The number of halogens is 1. The fourth-order valence-corrected chi connectivity index (χ4v) is 2.88. The Morgan fingerprint density at radius 3 is 2.81 bits per heavy atom. The van der Waals surface area contributed by atoms with E-state index in [1.807, 2.05) is 0 Å². The van der Waals surface area contributed by atoms with E-state index in [1.54, 1.807) is 42.4 Å². The summed E-state index contributed by atoms with van der Waals surface area (Å²) in [5.41, 5.74) is 1.63. The first-order chi connectivity index (χ1) is 10.2.